The monoisotopic (exact) mass is 224 g/mol. The van der Waals surface area contributed by atoms with Crippen molar-refractivity contribution in [2.45, 2.75) is 44.9 Å². The lowest BCUT2D eigenvalue weighted by atomic mass is 9.97. The molecule has 0 aliphatic heterocycles. The lowest BCUT2D eigenvalue weighted by molar-refractivity contribution is -0.305. The Hall–Kier alpha value is -1.32. The van der Waals surface area contributed by atoms with Gasteiger partial charge in [-0.2, -0.15) is 0 Å². The van der Waals surface area contributed by atoms with Gasteiger partial charge < -0.3 is 15.2 Å². The summed E-state index contributed by atoms with van der Waals surface area (Å²) in [6.45, 7) is 0.609. The molecule has 0 aromatic rings. The SMILES string of the molecule is O=C([O-])CCC(=O)NCCC1=CCCCC1. The number of carbonyl (C=O) groups excluding carboxylic acids is 2. The molecular formula is C12H18NO3-. The summed E-state index contributed by atoms with van der Waals surface area (Å²) in [5.41, 5.74) is 1.41. The van der Waals surface area contributed by atoms with Crippen LogP contribution >= 0.6 is 0 Å². The summed E-state index contributed by atoms with van der Waals surface area (Å²) in [5, 5.41) is 12.8. The number of carboxylic acids is 1. The molecule has 0 spiro atoms. The maximum Gasteiger partial charge on any atom is 0.220 e. The predicted octanol–water partition coefficient (Wildman–Crippen LogP) is 0.523. The molecule has 0 aromatic carbocycles. The van der Waals surface area contributed by atoms with Crippen molar-refractivity contribution < 1.29 is 14.7 Å². The standard InChI is InChI=1S/C12H19NO3/c14-11(6-7-12(15)16)13-9-8-10-4-2-1-3-5-10/h4H,1-3,5-9H2,(H,13,14)(H,15,16)/p-1. The van der Waals surface area contributed by atoms with Crippen LogP contribution in [0.5, 0.6) is 0 Å². The molecule has 4 nitrogen and oxygen atoms in total. The summed E-state index contributed by atoms with van der Waals surface area (Å²) < 4.78 is 0. The van der Waals surface area contributed by atoms with E-state index in [-0.39, 0.29) is 18.7 Å². The lowest BCUT2D eigenvalue weighted by Crippen LogP contribution is -2.28. The molecule has 1 aliphatic rings. The highest BCUT2D eigenvalue weighted by Gasteiger charge is 2.04. The van der Waals surface area contributed by atoms with Gasteiger partial charge in [0, 0.05) is 18.9 Å². The topological polar surface area (TPSA) is 69.2 Å². The van der Waals surface area contributed by atoms with E-state index in [1.807, 2.05) is 0 Å². The van der Waals surface area contributed by atoms with E-state index in [0.717, 1.165) is 19.3 Å². The number of rotatable bonds is 6. The fourth-order valence-electron chi connectivity index (χ4n) is 1.80. The molecule has 1 rings (SSSR count). The number of aliphatic carboxylic acids is 1. The van der Waals surface area contributed by atoms with Crippen LogP contribution in [0.15, 0.2) is 11.6 Å². The Morgan fingerprint density at radius 2 is 2.12 bits per heavy atom. The van der Waals surface area contributed by atoms with Crippen LogP contribution in [0.1, 0.15) is 44.9 Å². The Kier molecular flexibility index (Phi) is 5.61. The highest BCUT2D eigenvalue weighted by molar-refractivity contribution is 5.79. The molecule has 0 fully saturated rings. The van der Waals surface area contributed by atoms with Gasteiger partial charge in [0.1, 0.15) is 0 Å². The normalized spacial score (nSPS) is 15.4. The second-order valence-electron chi connectivity index (χ2n) is 4.08. The summed E-state index contributed by atoms with van der Waals surface area (Å²) in [6, 6.07) is 0. The first-order chi connectivity index (χ1) is 7.68. The summed E-state index contributed by atoms with van der Waals surface area (Å²) in [4.78, 5) is 21.3. The van der Waals surface area contributed by atoms with E-state index in [4.69, 9.17) is 0 Å². The molecular weight excluding hydrogens is 206 g/mol. The molecule has 0 unspecified atom stereocenters. The van der Waals surface area contributed by atoms with Crippen LogP contribution in [0.4, 0.5) is 0 Å². The Bertz CT molecular complexity index is 284. The molecule has 0 bridgehead atoms. The molecule has 0 saturated carbocycles. The molecule has 4 heteroatoms. The number of carboxylic acid groups (broad SMARTS) is 1. The average Bonchev–Trinajstić information content (AvgIpc) is 2.28. The highest BCUT2D eigenvalue weighted by Crippen LogP contribution is 2.19. The molecule has 16 heavy (non-hydrogen) atoms. The van der Waals surface area contributed by atoms with Gasteiger partial charge in [-0.15, -0.1) is 0 Å². The van der Waals surface area contributed by atoms with Gasteiger partial charge in [-0.25, -0.2) is 0 Å². The van der Waals surface area contributed by atoms with Gasteiger partial charge in [0.25, 0.3) is 0 Å². The number of amides is 1. The van der Waals surface area contributed by atoms with Crippen molar-refractivity contribution in [2.75, 3.05) is 6.54 Å². The quantitative estimate of drug-likeness (QED) is 0.669. The second kappa shape index (κ2) is 7.04. The Morgan fingerprint density at radius 3 is 2.75 bits per heavy atom. The van der Waals surface area contributed by atoms with E-state index in [1.54, 1.807) is 0 Å². The van der Waals surface area contributed by atoms with Crippen LogP contribution < -0.4 is 10.4 Å². The van der Waals surface area contributed by atoms with Gasteiger partial charge in [0.15, 0.2) is 0 Å². The van der Waals surface area contributed by atoms with Gasteiger partial charge >= 0.3 is 0 Å². The van der Waals surface area contributed by atoms with Gasteiger partial charge in [0.05, 0.1) is 0 Å². The third-order valence-electron chi connectivity index (χ3n) is 2.71. The van der Waals surface area contributed by atoms with Crippen LogP contribution in [0.2, 0.25) is 0 Å². The third-order valence-corrected chi connectivity index (χ3v) is 2.71. The van der Waals surface area contributed by atoms with E-state index in [0.29, 0.717) is 6.54 Å². The fraction of sp³-hybridized carbons (Fsp3) is 0.667. The minimum absolute atomic E-state index is 0.0153. The van der Waals surface area contributed by atoms with E-state index in [9.17, 15) is 14.7 Å². The zero-order valence-corrected chi connectivity index (χ0v) is 9.46. The summed E-state index contributed by atoms with van der Waals surface area (Å²) in [5.74, 6) is -1.38. The summed E-state index contributed by atoms with van der Waals surface area (Å²) >= 11 is 0. The Labute approximate surface area is 95.7 Å². The number of nitrogens with one attached hydrogen (secondary N) is 1. The number of carbonyl (C=O) groups is 2. The van der Waals surface area contributed by atoms with E-state index >= 15 is 0 Å². The first kappa shape index (κ1) is 12.7. The largest absolute Gasteiger partial charge is 0.550 e. The molecule has 0 radical (unpaired) electrons. The van der Waals surface area contributed by atoms with E-state index < -0.39 is 5.97 Å². The van der Waals surface area contributed by atoms with Gasteiger partial charge in [-0.3, -0.25) is 4.79 Å². The van der Waals surface area contributed by atoms with Crippen LogP contribution in [0.3, 0.4) is 0 Å². The lowest BCUT2D eigenvalue weighted by Gasteiger charge is -2.12. The Morgan fingerprint density at radius 1 is 1.31 bits per heavy atom. The first-order valence-electron chi connectivity index (χ1n) is 5.83. The van der Waals surface area contributed by atoms with Crippen molar-refractivity contribution in [3.63, 3.8) is 0 Å². The maximum atomic E-state index is 11.2. The molecule has 1 aliphatic carbocycles. The van der Waals surface area contributed by atoms with E-state index in [1.165, 1.54) is 18.4 Å². The molecule has 90 valence electrons. The van der Waals surface area contributed by atoms with Crippen molar-refractivity contribution >= 4 is 11.9 Å². The number of hydrogen-bond donors (Lipinski definition) is 1. The van der Waals surface area contributed by atoms with Gasteiger partial charge in [-0.05, 0) is 38.5 Å². The van der Waals surface area contributed by atoms with Crippen LogP contribution in [-0.4, -0.2) is 18.4 Å². The fourth-order valence-corrected chi connectivity index (χ4v) is 1.80. The molecule has 0 heterocycles. The first-order valence-corrected chi connectivity index (χ1v) is 5.83. The summed E-state index contributed by atoms with van der Waals surface area (Å²) in [7, 11) is 0. The second-order valence-corrected chi connectivity index (χ2v) is 4.08. The average molecular weight is 224 g/mol. The van der Waals surface area contributed by atoms with Crippen molar-refractivity contribution in [3.8, 4) is 0 Å². The van der Waals surface area contributed by atoms with Gasteiger partial charge in [0.2, 0.25) is 5.91 Å². The van der Waals surface area contributed by atoms with Gasteiger partial charge in [-0.1, -0.05) is 11.6 Å². The molecule has 0 saturated heterocycles. The summed E-state index contributed by atoms with van der Waals surface area (Å²) in [6.07, 6.45) is 7.73. The molecule has 0 aromatic heterocycles. The minimum Gasteiger partial charge on any atom is -0.550 e. The number of hydrogen-bond acceptors (Lipinski definition) is 3. The maximum absolute atomic E-state index is 11.2. The van der Waals surface area contributed by atoms with Crippen molar-refractivity contribution in [1.82, 2.24) is 5.32 Å². The van der Waals surface area contributed by atoms with Crippen LogP contribution in [-0.2, 0) is 9.59 Å². The molecule has 0 atom stereocenters. The predicted molar refractivity (Wildman–Crippen MR) is 58.4 cm³/mol. The minimum atomic E-state index is -1.18. The number of allylic oxidation sites excluding steroid dienone is 1. The van der Waals surface area contributed by atoms with Crippen molar-refractivity contribution in [2.24, 2.45) is 0 Å². The van der Waals surface area contributed by atoms with Crippen LogP contribution in [0, 0.1) is 0 Å². The Balaban J connectivity index is 2.08. The zero-order valence-electron chi connectivity index (χ0n) is 9.46. The third kappa shape index (κ3) is 5.53. The van der Waals surface area contributed by atoms with E-state index in [2.05, 4.69) is 11.4 Å². The van der Waals surface area contributed by atoms with Crippen molar-refractivity contribution in [3.05, 3.63) is 11.6 Å². The molecule has 1 amide bonds. The van der Waals surface area contributed by atoms with Crippen molar-refractivity contribution in [1.29, 1.82) is 0 Å². The zero-order chi connectivity index (χ0) is 11.8. The molecule has 1 N–H and O–H groups in total. The highest BCUT2D eigenvalue weighted by atomic mass is 16.4. The van der Waals surface area contributed by atoms with Crippen LogP contribution in [0.25, 0.3) is 0 Å². The smallest absolute Gasteiger partial charge is 0.220 e.